The highest BCUT2D eigenvalue weighted by molar-refractivity contribution is 6.08. The number of hydrogen-bond acceptors (Lipinski definition) is 1. The molecule has 5 rings (SSSR count). The highest BCUT2D eigenvalue weighted by atomic mass is 15.1. The van der Waals surface area contributed by atoms with Gasteiger partial charge in [0.05, 0.1) is 0 Å². The number of fused-ring (bicyclic) bond motifs is 4. The van der Waals surface area contributed by atoms with Gasteiger partial charge in [0.25, 0.3) is 0 Å². The van der Waals surface area contributed by atoms with Crippen molar-refractivity contribution in [3.63, 3.8) is 0 Å². The predicted octanol–water partition coefficient (Wildman–Crippen LogP) is 5.88. The Kier molecular flexibility index (Phi) is 3.64. The summed E-state index contributed by atoms with van der Waals surface area (Å²) in [5, 5.41) is 2.63. The molecule has 0 fully saturated rings. The van der Waals surface area contributed by atoms with E-state index in [4.69, 9.17) is 0 Å². The summed E-state index contributed by atoms with van der Waals surface area (Å²) < 4.78 is 2.27. The van der Waals surface area contributed by atoms with Crippen LogP contribution in [-0.4, -0.2) is 18.2 Å². The van der Waals surface area contributed by atoms with E-state index in [1.54, 1.807) is 0 Å². The molecule has 1 aromatic heterocycles. The molecular weight excluding hydrogens is 328 g/mol. The number of aryl methyl sites for hydroxylation is 1. The average molecular weight is 350 g/mol. The summed E-state index contributed by atoms with van der Waals surface area (Å²) in [4.78, 5) is 2.29. The summed E-state index contributed by atoms with van der Waals surface area (Å²) in [6, 6.07) is 24.0. The number of hydrogen-bond donors (Lipinski definition) is 0. The lowest BCUT2D eigenvalue weighted by atomic mass is 9.98. The minimum atomic E-state index is 0.943. The van der Waals surface area contributed by atoms with Crippen molar-refractivity contribution < 1.29 is 0 Å². The van der Waals surface area contributed by atoms with E-state index in [0.717, 1.165) is 6.54 Å². The molecule has 0 radical (unpaired) electrons. The number of anilines is 1. The van der Waals surface area contributed by atoms with Gasteiger partial charge >= 0.3 is 0 Å². The molecule has 4 aromatic rings. The third kappa shape index (κ3) is 2.57. The van der Waals surface area contributed by atoms with Gasteiger partial charge in [0.2, 0.25) is 0 Å². The van der Waals surface area contributed by atoms with Crippen LogP contribution < -0.4 is 4.90 Å². The normalized spacial score (nSPS) is 14.1. The van der Waals surface area contributed by atoms with E-state index in [1.807, 2.05) is 0 Å². The van der Waals surface area contributed by atoms with Crippen LogP contribution in [-0.2, 0) is 7.05 Å². The second-order valence-corrected chi connectivity index (χ2v) is 7.24. The molecule has 0 unspecified atom stereocenters. The van der Waals surface area contributed by atoms with Gasteiger partial charge in [0.15, 0.2) is 0 Å². The first-order chi connectivity index (χ1) is 13.2. The van der Waals surface area contributed by atoms with Gasteiger partial charge in [-0.15, -0.1) is 0 Å². The zero-order chi connectivity index (χ0) is 18.4. The molecule has 0 saturated carbocycles. The third-order valence-corrected chi connectivity index (χ3v) is 5.60. The van der Waals surface area contributed by atoms with Crippen LogP contribution in [0.2, 0.25) is 0 Å². The number of aromatic nitrogens is 1. The number of allylic oxidation sites excluding steroid dienone is 2. The molecule has 0 saturated heterocycles. The third-order valence-electron chi connectivity index (χ3n) is 5.60. The summed E-state index contributed by atoms with van der Waals surface area (Å²) in [5.41, 5.74) is 7.67. The predicted molar refractivity (Wildman–Crippen MR) is 117 cm³/mol. The van der Waals surface area contributed by atoms with E-state index >= 15 is 0 Å². The first-order valence-corrected chi connectivity index (χ1v) is 9.38. The van der Waals surface area contributed by atoms with E-state index in [2.05, 4.69) is 109 Å². The Morgan fingerprint density at radius 1 is 0.778 bits per heavy atom. The summed E-state index contributed by atoms with van der Waals surface area (Å²) in [5.74, 6) is 0. The van der Waals surface area contributed by atoms with Gasteiger partial charge in [0, 0.05) is 53.7 Å². The number of para-hydroxylation sites is 2. The molecule has 0 amide bonds. The van der Waals surface area contributed by atoms with E-state index in [0.29, 0.717) is 0 Å². The molecule has 0 atom stereocenters. The van der Waals surface area contributed by atoms with Gasteiger partial charge in [-0.1, -0.05) is 60.7 Å². The van der Waals surface area contributed by atoms with E-state index in [-0.39, 0.29) is 0 Å². The lowest BCUT2D eigenvalue weighted by molar-refractivity contribution is 1.01. The van der Waals surface area contributed by atoms with Crippen molar-refractivity contribution in [2.45, 2.75) is 0 Å². The van der Waals surface area contributed by atoms with Gasteiger partial charge in [-0.25, -0.2) is 0 Å². The number of likely N-dealkylation sites (N-methyl/N-ethyl adjacent to an activating group) is 1. The largest absolute Gasteiger partial charge is 0.370 e. The molecule has 0 bridgehead atoms. The molecule has 2 heteroatoms. The van der Waals surface area contributed by atoms with Crippen LogP contribution in [0.4, 0.5) is 5.69 Å². The maximum atomic E-state index is 2.30. The topological polar surface area (TPSA) is 8.17 Å². The molecule has 3 aromatic carbocycles. The SMILES string of the molecule is CN1CC=C(C=Cc2ccc3c(c2)c2ccccc2n3C)c2ccccc21. The standard InChI is InChI=1S/C25H22N2/c1-26-16-15-19(20-7-3-5-9-23(20)26)13-11-18-12-14-25-22(17-18)21-8-4-6-10-24(21)27(25)2/h3-15,17H,16H2,1-2H3. The number of rotatable bonds is 2. The number of nitrogens with zero attached hydrogens (tertiary/aromatic N) is 2. The second-order valence-electron chi connectivity index (χ2n) is 7.24. The maximum Gasteiger partial charge on any atom is 0.0489 e. The van der Waals surface area contributed by atoms with Crippen molar-refractivity contribution >= 4 is 39.1 Å². The average Bonchev–Trinajstić information content (AvgIpc) is 3.00. The van der Waals surface area contributed by atoms with Crippen molar-refractivity contribution in [1.29, 1.82) is 0 Å². The fourth-order valence-electron chi connectivity index (χ4n) is 4.13. The Labute approximate surface area is 159 Å². The fraction of sp³-hybridized carbons (Fsp3) is 0.120. The zero-order valence-corrected chi connectivity index (χ0v) is 15.7. The van der Waals surface area contributed by atoms with E-state index in [1.165, 1.54) is 44.2 Å². The van der Waals surface area contributed by atoms with Crippen LogP contribution in [0.15, 0.2) is 78.9 Å². The van der Waals surface area contributed by atoms with Crippen LogP contribution in [0.1, 0.15) is 11.1 Å². The van der Waals surface area contributed by atoms with E-state index in [9.17, 15) is 0 Å². The van der Waals surface area contributed by atoms with Crippen molar-refractivity contribution in [3.05, 3.63) is 90.0 Å². The Bertz CT molecular complexity index is 1220. The molecule has 0 N–H and O–H groups in total. The van der Waals surface area contributed by atoms with Gasteiger partial charge in [-0.3, -0.25) is 0 Å². The van der Waals surface area contributed by atoms with Crippen molar-refractivity contribution in [2.24, 2.45) is 7.05 Å². The zero-order valence-electron chi connectivity index (χ0n) is 15.7. The van der Waals surface area contributed by atoms with Crippen LogP contribution >= 0.6 is 0 Å². The van der Waals surface area contributed by atoms with E-state index < -0.39 is 0 Å². The highest BCUT2D eigenvalue weighted by Crippen LogP contribution is 2.32. The summed E-state index contributed by atoms with van der Waals surface area (Å²) in [6.07, 6.45) is 6.78. The number of benzene rings is 3. The lowest BCUT2D eigenvalue weighted by Crippen LogP contribution is -2.21. The maximum absolute atomic E-state index is 2.30. The Hall–Kier alpha value is -3.26. The molecule has 2 heterocycles. The second kappa shape index (κ2) is 6.17. The van der Waals surface area contributed by atoms with Gasteiger partial charge in [0.1, 0.15) is 0 Å². The summed E-state index contributed by atoms with van der Waals surface area (Å²) in [7, 11) is 4.28. The lowest BCUT2D eigenvalue weighted by Gasteiger charge is -2.26. The quantitative estimate of drug-likeness (QED) is 0.438. The highest BCUT2D eigenvalue weighted by Gasteiger charge is 2.13. The molecule has 132 valence electrons. The Morgan fingerprint density at radius 3 is 2.48 bits per heavy atom. The first-order valence-electron chi connectivity index (χ1n) is 9.38. The van der Waals surface area contributed by atoms with Gasteiger partial charge in [-0.2, -0.15) is 0 Å². The van der Waals surface area contributed by atoms with Crippen molar-refractivity contribution in [3.8, 4) is 0 Å². The van der Waals surface area contributed by atoms with Crippen LogP contribution in [0.25, 0.3) is 33.5 Å². The molecular formula is C25H22N2. The molecule has 0 aliphatic carbocycles. The van der Waals surface area contributed by atoms with Crippen molar-refractivity contribution in [1.82, 2.24) is 4.57 Å². The minimum absolute atomic E-state index is 0.943. The van der Waals surface area contributed by atoms with Gasteiger partial charge < -0.3 is 9.47 Å². The Balaban J connectivity index is 1.56. The first kappa shape index (κ1) is 16.0. The summed E-state index contributed by atoms with van der Waals surface area (Å²) >= 11 is 0. The van der Waals surface area contributed by atoms with Crippen LogP contribution in [0, 0.1) is 0 Å². The summed E-state index contributed by atoms with van der Waals surface area (Å²) in [6.45, 7) is 0.943. The minimum Gasteiger partial charge on any atom is -0.370 e. The fourth-order valence-corrected chi connectivity index (χ4v) is 4.13. The molecule has 0 spiro atoms. The van der Waals surface area contributed by atoms with Crippen molar-refractivity contribution in [2.75, 3.05) is 18.5 Å². The van der Waals surface area contributed by atoms with Crippen LogP contribution in [0.5, 0.6) is 0 Å². The smallest absolute Gasteiger partial charge is 0.0489 e. The van der Waals surface area contributed by atoms with Crippen LogP contribution in [0.3, 0.4) is 0 Å². The molecule has 2 nitrogen and oxygen atoms in total. The van der Waals surface area contributed by atoms with Gasteiger partial charge in [-0.05, 0) is 35.4 Å². The molecule has 1 aliphatic heterocycles. The molecule has 1 aliphatic rings. The monoisotopic (exact) mass is 350 g/mol. The Morgan fingerprint density at radius 2 is 1.56 bits per heavy atom. The molecule has 27 heavy (non-hydrogen) atoms.